The van der Waals surface area contributed by atoms with Crippen molar-refractivity contribution in [2.24, 2.45) is 0 Å². The highest BCUT2D eigenvalue weighted by Crippen LogP contribution is 2.20. The van der Waals surface area contributed by atoms with Crippen LogP contribution in [0.1, 0.15) is 54.7 Å². The Morgan fingerprint density at radius 3 is 2.81 bits per heavy atom. The van der Waals surface area contributed by atoms with Crippen molar-refractivity contribution < 1.29 is 9.32 Å². The lowest BCUT2D eigenvalue weighted by atomic mass is 10.0. The number of nitrogens with one attached hydrogen (secondary N) is 2. The van der Waals surface area contributed by atoms with Gasteiger partial charge in [0.2, 0.25) is 5.89 Å². The number of benzene rings is 1. The molecule has 1 atom stereocenters. The Morgan fingerprint density at radius 2 is 2.12 bits per heavy atom. The summed E-state index contributed by atoms with van der Waals surface area (Å²) in [5, 5.41) is 9.84. The number of hydrogen-bond acceptors (Lipinski definition) is 6. The summed E-state index contributed by atoms with van der Waals surface area (Å²) in [4.78, 5) is 18.0. The molecule has 1 aliphatic heterocycles. The molecule has 26 heavy (non-hydrogen) atoms. The molecule has 0 aliphatic carbocycles. The molecule has 140 valence electrons. The Labute approximate surface area is 154 Å². The van der Waals surface area contributed by atoms with Gasteiger partial charge in [0.15, 0.2) is 0 Å². The maximum Gasteiger partial charge on any atom is 0.292 e. The highest BCUT2D eigenvalue weighted by Gasteiger charge is 2.22. The molecule has 1 aliphatic rings. The van der Waals surface area contributed by atoms with E-state index in [1.165, 1.54) is 5.56 Å². The highest BCUT2D eigenvalue weighted by atomic mass is 16.5. The number of nitrogens with zero attached hydrogens (tertiary/aromatic N) is 3. The second-order valence-electron chi connectivity index (χ2n) is 7.09. The molecule has 1 unspecified atom stereocenters. The number of carbonyl (C=O) groups is 1. The van der Waals surface area contributed by atoms with Crippen LogP contribution in [0.4, 0.5) is 5.69 Å². The number of amides is 1. The number of likely N-dealkylation sites (tertiary alicyclic amines) is 1. The molecular weight excluding hydrogens is 330 g/mol. The Bertz CT molecular complexity index is 726. The minimum atomic E-state index is -0.331. The van der Waals surface area contributed by atoms with E-state index in [0.29, 0.717) is 24.4 Å². The first-order valence-electron chi connectivity index (χ1n) is 9.18. The molecule has 1 fully saturated rings. The fraction of sp³-hybridized carbons (Fsp3) is 0.526. The first-order chi connectivity index (χ1) is 12.5. The van der Waals surface area contributed by atoms with Gasteiger partial charge in [-0.1, -0.05) is 31.1 Å². The third kappa shape index (κ3) is 4.60. The SMILES string of the molecule is CNC(=O)c1noc(CN2CCCC(Nc3ccc(C(C)C)cc3)C2)n1. The van der Waals surface area contributed by atoms with Crippen LogP contribution in [-0.2, 0) is 6.54 Å². The highest BCUT2D eigenvalue weighted by molar-refractivity contribution is 5.89. The number of carbonyl (C=O) groups excluding carboxylic acids is 1. The van der Waals surface area contributed by atoms with Gasteiger partial charge >= 0.3 is 0 Å². The van der Waals surface area contributed by atoms with Gasteiger partial charge in [0.25, 0.3) is 11.7 Å². The van der Waals surface area contributed by atoms with Gasteiger partial charge in [0, 0.05) is 25.3 Å². The second kappa shape index (κ2) is 8.31. The van der Waals surface area contributed by atoms with Gasteiger partial charge < -0.3 is 15.2 Å². The maximum atomic E-state index is 11.5. The largest absolute Gasteiger partial charge is 0.381 e. The Balaban J connectivity index is 1.55. The molecule has 1 aromatic heterocycles. The van der Waals surface area contributed by atoms with Crippen molar-refractivity contribution in [3.05, 3.63) is 41.5 Å². The molecule has 1 aromatic carbocycles. The van der Waals surface area contributed by atoms with E-state index in [-0.39, 0.29) is 11.7 Å². The molecule has 0 radical (unpaired) electrons. The molecule has 2 aromatic rings. The van der Waals surface area contributed by atoms with Crippen LogP contribution >= 0.6 is 0 Å². The summed E-state index contributed by atoms with van der Waals surface area (Å²) in [6.45, 7) is 6.86. The van der Waals surface area contributed by atoms with Gasteiger partial charge in [-0.3, -0.25) is 9.69 Å². The molecule has 3 rings (SSSR count). The van der Waals surface area contributed by atoms with Crippen molar-refractivity contribution in [2.45, 2.75) is 45.2 Å². The number of hydrogen-bond donors (Lipinski definition) is 2. The summed E-state index contributed by atoms with van der Waals surface area (Å²) in [6.07, 6.45) is 2.24. The Kier molecular flexibility index (Phi) is 5.88. The van der Waals surface area contributed by atoms with Crippen molar-refractivity contribution in [1.82, 2.24) is 20.4 Å². The van der Waals surface area contributed by atoms with Crippen molar-refractivity contribution in [1.29, 1.82) is 0 Å². The molecule has 1 amide bonds. The average molecular weight is 357 g/mol. The summed E-state index contributed by atoms with van der Waals surface area (Å²) in [6, 6.07) is 9.07. The Morgan fingerprint density at radius 1 is 1.35 bits per heavy atom. The lowest BCUT2D eigenvalue weighted by Gasteiger charge is -2.32. The molecule has 2 N–H and O–H groups in total. The van der Waals surface area contributed by atoms with Crippen molar-refractivity contribution in [2.75, 3.05) is 25.5 Å². The first-order valence-corrected chi connectivity index (χ1v) is 9.18. The van der Waals surface area contributed by atoms with Gasteiger partial charge in [0.05, 0.1) is 6.54 Å². The van der Waals surface area contributed by atoms with E-state index in [9.17, 15) is 4.79 Å². The van der Waals surface area contributed by atoms with E-state index in [0.717, 1.165) is 31.6 Å². The molecule has 2 heterocycles. The van der Waals surface area contributed by atoms with Crippen LogP contribution in [0.2, 0.25) is 0 Å². The molecule has 0 spiro atoms. The predicted octanol–water partition coefficient (Wildman–Crippen LogP) is 2.63. The topological polar surface area (TPSA) is 83.3 Å². The molecular formula is C19H27N5O2. The van der Waals surface area contributed by atoms with Crippen LogP contribution in [-0.4, -0.2) is 47.1 Å². The van der Waals surface area contributed by atoms with E-state index < -0.39 is 0 Å². The summed E-state index contributed by atoms with van der Waals surface area (Å²) in [5.74, 6) is 0.774. The van der Waals surface area contributed by atoms with Gasteiger partial charge in [0.1, 0.15) is 0 Å². The lowest BCUT2D eigenvalue weighted by Crippen LogP contribution is -2.41. The average Bonchev–Trinajstić information content (AvgIpc) is 3.10. The summed E-state index contributed by atoms with van der Waals surface area (Å²) >= 11 is 0. The molecule has 7 heteroatoms. The van der Waals surface area contributed by atoms with Crippen molar-refractivity contribution in [3.8, 4) is 0 Å². The maximum absolute atomic E-state index is 11.5. The predicted molar refractivity (Wildman–Crippen MR) is 100 cm³/mol. The van der Waals surface area contributed by atoms with Crippen LogP contribution in [0.25, 0.3) is 0 Å². The van der Waals surface area contributed by atoms with Crippen LogP contribution in [0.3, 0.4) is 0 Å². The van der Waals surface area contributed by atoms with Crippen LogP contribution in [0.5, 0.6) is 0 Å². The van der Waals surface area contributed by atoms with Crippen LogP contribution in [0, 0.1) is 0 Å². The minimum absolute atomic E-state index is 0.0828. The van der Waals surface area contributed by atoms with Crippen molar-refractivity contribution >= 4 is 11.6 Å². The third-order valence-electron chi connectivity index (χ3n) is 4.71. The zero-order valence-corrected chi connectivity index (χ0v) is 15.7. The molecule has 0 saturated carbocycles. The fourth-order valence-corrected chi connectivity index (χ4v) is 3.23. The number of piperidine rings is 1. The zero-order chi connectivity index (χ0) is 18.5. The van der Waals surface area contributed by atoms with E-state index in [4.69, 9.17) is 4.52 Å². The molecule has 0 bridgehead atoms. The van der Waals surface area contributed by atoms with Crippen LogP contribution < -0.4 is 10.6 Å². The molecule has 7 nitrogen and oxygen atoms in total. The first kappa shape index (κ1) is 18.4. The van der Waals surface area contributed by atoms with E-state index >= 15 is 0 Å². The zero-order valence-electron chi connectivity index (χ0n) is 15.7. The third-order valence-corrected chi connectivity index (χ3v) is 4.71. The van der Waals surface area contributed by atoms with E-state index in [2.05, 4.69) is 63.8 Å². The summed E-state index contributed by atoms with van der Waals surface area (Å²) in [5.41, 5.74) is 2.50. The minimum Gasteiger partial charge on any atom is -0.381 e. The Hall–Kier alpha value is -2.41. The standard InChI is InChI=1S/C19H27N5O2/c1-13(2)14-6-8-15(9-7-14)21-16-5-4-10-24(11-16)12-17-22-18(23-26-17)19(25)20-3/h6-9,13,16,21H,4-5,10-12H2,1-3H3,(H,20,25). The summed E-state index contributed by atoms with van der Waals surface area (Å²) < 4.78 is 5.20. The van der Waals surface area contributed by atoms with E-state index in [1.807, 2.05) is 0 Å². The van der Waals surface area contributed by atoms with Gasteiger partial charge in [-0.05, 0) is 43.0 Å². The van der Waals surface area contributed by atoms with Crippen molar-refractivity contribution in [3.63, 3.8) is 0 Å². The number of rotatable bonds is 6. The van der Waals surface area contributed by atoms with Gasteiger partial charge in [-0.2, -0.15) is 4.98 Å². The number of aromatic nitrogens is 2. The second-order valence-corrected chi connectivity index (χ2v) is 7.09. The summed E-state index contributed by atoms with van der Waals surface area (Å²) in [7, 11) is 1.55. The number of anilines is 1. The normalized spacial score (nSPS) is 18.1. The van der Waals surface area contributed by atoms with Crippen LogP contribution in [0.15, 0.2) is 28.8 Å². The van der Waals surface area contributed by atoms with E-state index in [1.54, 1.807) is 7.05 Å². The van der Waals surface area contributed by atoms with Gasteiger partial charge in [-0.15, -0.1) is 0 Å². The fourth-order valence-electron chi connectivity index (χ4n) is 3.23. The smallest absolute Gasteiger partial charge is 0.292 e. The lowest BCUT2D eigenvalue weighted by molar-refractivity contribution is 0.0950. The quantitative estimate of drug-likeness (QED) is 0.827. The monoisotopic (exact) mass is 357 g/mol. The van der Waals surface area contributed by atoms with Gasteiger partial charge in [-0.25, -0.2) is 0 Å². The molecule has 1 saturated heterocycles.